The van der Waals surface area contributed by atoms with Gasteiger partial charge in [-0.25, -0.2) is 0 Å². The molecular formula is C15H24N2O2. The SMILES string of the molecule is CCNC(C)CC(=O)NCc1cccc(COC)c1. The van der Waals surface area contributed by atoms with Crippen LogP contribution in [0.3, 0.4) is 0 Å². The molecule has 0 bridgehead atoms. The van der Waals surface area contributed by atoms with Gasteiger partial charge in [0.05, 0.1) is 6.61 Å². The van der Waals surface area contributed by atoms with E-state index in [0.717, 1.165) is 17.7 Å². The second-order valence-corrected chi connectivity index (χ2v) is 4.69. The fourth-order valence-electron chi connectivity index (χ4n) is 1.97. The molecule has 1 aromatic rings. The minimum Gasteiger partial charge on any atom is -0.380 e. The van der Waals surface area contributed by atoms with E-state index in [9.17, 15) is 4.79 Å². The fraction of sp³-hybridized carbons (Fsp3) is 0.533. The van der Waals surface area contributed by atoms with Crippen LogP contribution < -0.4 is 10.6 Å². The maximum Gasteiger partial charge on any atom is 0.221 e. The molecule has 0 saturated carbocycles. The van der Waals surface area contributed by atoms with Crippen molar-refractivity contribution in [2.45, 2.75) is 39.5 Å². The zero-order valence-corrected chi connectivity index (χ0v) is 12.0. The molecule has 1 rings (SSSR count). The van der Waals surface area contributed by atoms with Gasteiger partial charge in [0.2, 0.25) is 5.91 Å². The fourth-order valence-corrected chi connectivity index (χ4v) is 1.97. The zero-order valence-electron chi connectivity index (χ0n) is 12.0. The van der Waals surface area contributed by atoms with Crippen LogP contribution in [0.25, 0.3) is 0 Å². The van der Waals surface area contributed by atoms with E-state index < -0.39 is 0 Å². The molecule has 0 aliphatic rings. The summed E-state index contributed by atoms with van der Waals surface area (Å²) in [4.78, 5) is 11.7. The molecular weight excluding hydrogens is 240 g/mol. The molecule has 1 unspecified atom stereocenters. The molecule has 0 aliphatic heterocycles. The van der Waals surface area contributed by atoms with E-state index in [1.165, 1.54) is 0 Å². The molecule has 4 nitrogen and oxygen atoms in total. The van der Waals surface area contributed by atoms with Gasteiger partial charge >= 0.3 is 0 Å². The summed E-state index contributed by atoms with van der Waals surface area (Å²) in [6.07, 6.45) is 0.506. The normalized spacial score (nSPS) is 12.2. The number of methoxy groups -OCH3 is 1. The Hall–Kier alpha value is -1.39. The molecule has 0 saturated heterocycles. The van der Waals surface area contributed by atoms with E-state index in [1.807, 2.05) is 32.0 Å². The van der Waals surface area contributed by atoms with Crippen molar-refractivity contribution in [3.63, 3.8) is 0 Å². The number of amides is 1. The van der Waals surface area contributed by atoms with Gasteiger partial charge < -0.3 is 15.4 Å². The standard InChI is InChI=1S/C15H24N2O2/c1-4-16-12(2)8-15(18)17-10-13-6-5-7-14(9-13)11-19-3/h5-7,9,12,16H,4,8,10-11H2,1-3H3,(H,17,18). The highest BCUT2D eigenvalue weighted by molar-refractivity contribution is 5.76. The highest BCUT2D eigenvalue weighted by Gasteiger charge is 2.07. The smallest absolute Gasteiger partial charge is 0.221 e. The minimum atomic E-state index is 0.0746. The highest BCUT2D eigenvalue weighted by atomic mass is 16.5. The van der Waals surface area contributed by atoms with Crippen LogP contribution in [0.1, 0.15) is 31.4 Å². The number of nitrogens with one attached hydrogen (secondary N) is 2. The lowest BCUT2D eigenvalue weighted by molar-refractivity contribution is -0.121. The Labute approximate surface area is 115 Å². The summed E-state index contributed by atoms with van der Waals surface area (Å²) in [5.74, 6) is 0.0746. The number of hydrogen-bond acceptors (Lipinski definition) is 3. The van der Waals surface area contributed by atoms with Gasteiger partial charge in [0.25, 0.3) is 0 Å². The Morgan fingerprint density at radius 2 is 2.11 bits per heavy atom. The number of rotatable bonds is 8. The van der Waals surface area contributed by atoms with Crippen molar-refractivity contribution in [2.24, 2.45) is 0 Å². The first-order valence-corrected chi connectivity index (χ1v) is 6.72. The van der Waals surface area contributed by atoms with Gasteiger partial charge in [-0.3, -0.25) is 4.79 Å². The average Bonchev–Trinajstić information content (AvgIpc) is 2.37. The van der Waals surface area contributed by atoms with Gasteiger partial charge in [-0.05, 0) is 24.6 Å². The Balaban J connectivity index is 2.39. The Bertz CT molecular complexity index is 393. The molecule has 0 aromatic heterocycles. The number of hydrogen-bond donors (Lipinski definition) is 2. The van der Waals surface area contributed by atoms with Crippen molar-refractivity contribution in [1.29, 1.82) is 0 Å². The lowest BCUT2D eigenvalue weighted by Gasteiger charge is -2.12. The second-order valence-electron chi connectivity index (χ2n) is 4.69. The summed E-state index contributed by atoms with van der Waals surface area (Å²) < 4.78 is 5.09. The first-order chi connectivity index (χ1) is 9.15. The maximum absolute atomic E-state index is 11.7. The van der Waals surface area contributed by atoms with Crippen molar-refractivity contribution >= 4 is 5.91 Å². The van der Waals surface area contributed by atoms with Crippen LogP contribution in [0.5, 0.6) is 0 Å². The van der Waals surface area contributed by atoms with Crippen molar-refractivity contribution in [2.75, 3.05) is 13.7 Å². The van der Waals surface area contributed by atoms with Gasteiger partial charge in [-0.1, -0.05) is 31.2 Å². The highest BCUT2D eigenvalue weighted by Crippen LogP contribution is 2.06. The van der Waals surface area contributed by atoms with Gasteiger partial charge in [0.15, 0.2) is 0 Å². The summed E-state index contributed by atoms with van der Waals surface area (Å²) >= 11 is 0. The van der Waals surface area contributed by atoms with Crippen molar-refractivity contribution < 1.29 is 9.53 Å². The summed E-state index contributed by atoms with van der Waals surface area (Å²) in [5, 5.41) is 6.16. The lowest BCUT2D eigenvalue weighted by atomic mass is 10.1. The van der Waals surface area contributed by atoms with Crippen LogP contribution in [-0.2, 0) is 22.7 Å². The van der Waals surface area contributed by atoms with Crippen LogP contribution in [-0.4, -0.2) is 25.6 Å². The summed E-state index contributed by atoms with van der Waals surface area (Å²) in [6.45, 7) is 6.10. The van der Waals surface area contributed by atoms with Crippen molar-refractivity contribution in [3.05, 3.63) is 35.4 Å². The van der Waals surface area contributed by atoms with Crippen molar-refractivity contribution in [1.82, 2.24) is 10.6 Å². The van der Waals surface area contributed by atoms with Gasteiger partial charge in [0.1, 0.15) is 0 Å². The van der Waals surface area contributed by atoms with E-state index in [0.29, 0.717) is 19.6 Å². The topological polar surface area (TPSA) is 50.4 Å². The summed E-state index contributed by atoms with van der Waals surface area (Å²) in [5.41, 5.74) is 2.22. The lowest BCUT2D eigenvalue weighted by Crippen LogP contribution is -2.33. The van der Waals surface area contributed by atoms with Gasteiger partial charge in [-0.2, -0.15) is 0 Å². The van der Waals surface area contributed by atoms with Crippen LogP contribution >= 0.6 is 0 Å². The molecule has 1 amide bonds. The molecule has 106 valence electrons. The van der Waals surface area contributed by atoms with E-state index in [2.05, 4.69) is 16.7 Å². The first-order valence-electron chi connectivity index (χ1n) is 6.72. The van der Waals surface area contributed by atoms with Crippen LogP contribution in [0.4, 0.5) is 0 Å². The van der Waals surface area contributed by atoms with Crippen LogP contribution in [0.2, 0.25) is 0 Å². The maximum atomic E-state index is 11.7. The molecule has 0 heterocycles. The Morgan fingerprint density at radius 3 is 2.79 bits per heavy atom. The largest absolute Gasteiger partial charge is 0.380 e. The van der Waals surface area contributed by atoms with E-state index in [1.54, 1.807) is 7.11 Å². The second kappa shape index (κ2) is 8.67. The molecule has 0 radical (unpaired) electrons. The predicted molar refractivity (Wildman–Crippen MR) is 76.8 cm³/mol. The zero-order chi connectivity index (χ0) is 14.1. The molecule has 19 heavy (non-hydrogen) atoms. The number of carbonyl (C=O) groups excluding carboxylic acids is 1. The van der Waals surface area contributed by atoms with Crippen LogP contribution in [0.15, 0.2) is 24.3 Å². The first kappa shape index (κ1) is 15.7. The van der Waals surface area contributed by atoms with Gasteiger partial charge in [0, 0.05) is 26.1 Å². The molecule has 1 aromatic carbocycles. The van der Waals surface area contributed by atoms with Crippen molar-refractivity contribution in [3.8, 4) is 0 Å². The average molecular weight is 264 g/mol. The number of benzene rings is 1. The number of ether oxygens (including phenoxy) is 1. The Morgan fingerprint density at radius 1 is 1.37 bits per heavy atom. The molecule has 0 aliphatic carbocycles. The minimum absolute atomic E-state index is 0.0746. The molecule has 2 N–H and O–H groups in total. The third-order valence-corrected chi connectivity index (χ3v) is 2.84. The third-order valence-electron chi connectivity index (χ3n) is 2.84. The quantitative estimate of drug-likeness (QED) is 0.753. The summed E-state index contributed by atoms with van der Waals surface area (Å²) in [7, 11) is 1.68. The van der Waals surface area contributed by atoms with E-state index in [-0.39, 0.29) is 11.9 Å². The molecule has 1 atom stereocenters. The molecule has 0 spiro atoms. The molecule has 4 heteroatoms. The number of carbonyl (C=O) groups is 1. The predicted octanol–water partition coefficient (Wildman–Crippen LogP) is 1.84. The van der Waals surface area contributed by atoms with E-state index >= 15 is 0 Å². The monoisotopic (exact) mass is 264 g/mol. The van der Waals surface area contributed by atoms with Gasteiger partial charge in [-0.15, -0.1) is 0 Å². The third kappa shape index (κ3) is 6.36. The summed E-state index contributed by atoms with van der Waals surface area (Å²) in [6, 6.07) is 8.27. The van der Waals surface area contributed by atoms with Crippen LogP contribution in [0, 0.1) is 0 Å². The van der Waals surface area contributed by atoms with E-state index in [4.69, 9.17) is 4.74 Å². The Kier molecular flexibility index (Phi) is 7.15. The molecule has 0 fully saturated rings.